The molecule has 4 aliphatic carbocycles. The van der Waals surface area contributed by atoms with Crippen molar-refractivity contribution in [2.24, 2.45) is 27.6 Å². The van der Waals surface area contributed by atoms with E-state index in [1.54, 1.807) is 7.11 Å². The summed E-state index contributed by atoms with van der Waals surface area (Å²) >= 11 is 0. The monoisotopic (exact) mass is 502 g/mol. The lowest BCUT2D eigenvalue weighted by Crippen LogP contribution is -2.70. The number of ketones is 2. The number of hydrogen-bond donors (Lipinski definition) is 0. The topological polar surface area (TPSA) is 78.9 Å². The van der Waals surface area contributed by atoms with Gasteiger partial charge in [-0.1, -0.05) is 46.6 Å². The highest BCUT2D eigenvalue weighted by molar-refractivity contribution is 5.93. The summed E-state index contributed by atoms with van der Waals surface area (Å²) in [5.41, 5.74) is -1.13. The van der Waals surface area contributed by atoms with E-state index in [1.165, 1.54) is 12.7 Å². The Hall–Kier alpha value is -1.53. The molecule has 0 aliphatic heterocycles. The Morgan fingerprint density at radius 1 is 1.06 bits per heavy atom. The number of carbonyl (C=O) groups is 3. The van der Waals surface area contributed by atoms with Crippen LogP contribution in [-0.2, 0) is 28.6 Å². The van der Waals surface area contributed by atoms with E-state index >= 15 is 0 Å². The highest BCUT2D eigenvalue weighted by Crippen LogP contribution is 2.77. The normalized spacial score (nSPS) is 43.8. The van der Waals surface area contributed by atoms with Crippen LogP contribution >= 0.6 is 0 Å². The van der Waals surface area contributed by atoms with Crippen molar-refractivity contribution in [2.45, 2.75) is 111 Å². The first-order valence-electron chi connectivity index (χ1n) is 13.9. The Kier molecular flexibility index (Phi) is 7.13. The molecule has 6 heteroatoms. The van der Waals surface area contributed by atoms with Crippen molar-refractivity contribution in [3.63, 3.8) is 0 Å². The zero-order valence-corrected chi connectivity index (χ0v) is 23.5. The first-order valence-corrected chi connectivity index (χ1v) is 13.9. The smallest absolute Gasteiger partial charge is 0.306 e. The van der Waals surface area contributed by atoms with Crippen molar-refractivity contribution in [3.8, 4) is 0 Å². The van der Waals surface area contributed by atoms with Gasteiger partial charge >= 0.3 is 5.97 Å². The molecular formula is C30H46O6. The Morgan fingerprint density at radius 3 is 2.42 bits per heavy atom. The van der Waals surface area contributed by atoms with Crippen LogP contribution in [0.3, 0.4) is 0 Å². The number of esters is 1. The molecule has 0 aromatic carbocycles. The molecule has 0 aromatic rings. The van der Waals surface area contributed by atoms with Crippen molar-refractivity contribution in [1.82, 2.24) is 0 Å². The number of unbranched alkanes of at least 4 members (excludes halogenated alkanes) is 1. The summed E-state index contributed by atoms with van der Waals surface area (Å²) in [6, 6.07) is 0. The van der Waals surface area contributed by atoms with Crippen LogP contribution in [0.2, 0.25) is 0 Å². The molecule has 3 saturated carbocycles. The fraction of sp³-hybridized carbons (Fsp3) is 0.833. The fourth-order valence-corrected chi connectivity index (χ4v) is 9.27. The molecular weight excluding hydrogens is 456 g/mol. The first kappa shape index (κ1) is 27.5. The van der Waals surface area contributed by atoms with Crippen LogP contribution in [0.4, 0.5) is 0 Å². The van der Waals surface area contributed by atoms with Crippen molar-refractivity contribution in [1.29, 1.82) is 0 Å². The van der Waals surface area contributed by atoms with E-state index in [-0.39, 0.29) is 52.4 Å². The number of hydrogen-bond acceptors (Lipinski definition) is 6. The van der Waals surface area contributed by atoms with Gasteiger partial charge in [0, 0.05) is 37.9 Å². The average molecular weight is 503 g/mol. The molecule has 0 spiro atoms. The molecule has 0 bridgehead atoms. The van der Waals surface area contributed by atoms with Crippen LogP contribution in [0, 0.1) is 27.6 Å². The summed E-state index contributed by atoms with van der Waals surface area (Å²) < 4.78 is 18.0. The molecule has 4 rings (SSSR count). The van der Waals surface area contributed by atoms with E-state index < -0.39 is 11.0 Å². The van der Waals surface area contributed by atoms with Gasteiger partial charge in [0.1, 0.15) is 6.61 Å². The van der Waals surface area contributed by atoms with Gasteiger partial charge in [-0.2, -0.15) is 0 Å². The number of fused-ring (bicyclic) bond motifs is 5. The molecule has 0 N–H and O–H groups in total. The lowest BCUT2D eigenvalue weighted by molar-refractivity contribution is -0.254. The Labute approximate surface area is 216 Å². The minimum absolute atomic E-state index is 0.0704. The summed E-state index contributed by atoms with van der Waals surface area (Å²) in [4.78, 5) is 39.3. The third-order valence-electron chi connectivity index (χ3n) is 11.7. The highest BCUT2D eigenvalue weighted by Gasteiger charge is 2.78. The van der Waals surface area contributed by atoms with E-state index in [0.29, 0.717) is 25.7 Å². The summed E-state index contributed by atoms with van der Waals surface area (Å²) in [5.74, 6) is 0.0658. The van der Waals surface area contributed by atoms with Crippen LogP contribution in [0.25, 0.3) is 0 Å². The van der Waals surface area contributed by atoms with E-state index in [1.807, 2.05) is 13.0 Å². The van der Waals surface area contributed by atoms with Crippen molar-refractivity contribution in [3.05, 3.63) is 11.6 Å². The second-order valence-corrected chi connectivity index (χ2v) is 12.8. The van der Waals surface area contributed by atoms with E-state index in [4.69, 9.17) is 14.2 Å². The molecule has 0 aromatic heterocycles. The summed E-state index contributed by atoms with van der Waals surface area (Å²) in [5, 5.41) is 0. The van der Waals surface area contributed by atoms with E-state index in [2.05, 4.69) is 27.7 Å². The minimum atomic E-state index is -1.22. The Morgan fingerprint density at radius 2 is 1.78 bits per heavy atom. The summed E-state index contributed by atoms with van der Waals surface area (Å²) in [6.07, 6.45) is 8.91. The molecule has 36 heavy (non-hydrogen) atoms. The summed E-state index contributed by atoms with van der Waals surface area (Å²) in [6.45, 7) is 11.2. The number of methoxy groups -OCH3 is 2. The predicted molar refractivity (Wildman–Crippen MR) is 137 cm³/mol. The van der Waals surface area contributed by atoms with Crippen molar-refractivity contribution < 1.29 is 28.6 Å². The van der Waals surface area contributed by atoms with E-state index in [0.717, 1.165) is 38.5 Å². The van der Waals surface area contributed by atoms with Crippen molar-refractivity contribution >= 4 is 17.5 Å². The van der Waals surface area contributed by atoms with Gasteiger partial charge in [0.15, 0.2) is 11.4 Å². The first-order chi connectivity index (χ1) is 16.9. The number of allylic oxidation sites excluding steroid dienone is 1. The maximum atomic E-state index is 13.9. The molecule has 0 amide bonds. The van der Waals surface area contributed by atoms with Gasteiger partial charge in [0.05, 0.1) is 6.10 Å². The number of Topliss-reactive ketones (excluding diaryl/α,β-unsaturated/α-hetero) is 1. The van der Waals surface area contributed by atoms with Crippen LogP contribution in [0.15, 0.2) is 11.6 Å². The highest BCUT2D eigenvalue weighted by atomic mass is 16.6. The molecule has 4 aliphatic rings. The van der Waals surface area contributed by atoms with E-state index in [9.17, 15) is 14.4 Å². The fourth-order valence-electron chi connectivity index (χ4n) is 9.27. The second-order valence-electron chi connectivity index (χ2n) is 12.8. The second kappa shape index (κ2) is 9.34. The maximum Gasteiger partial charge on any atom is 0.306 e. The lowest BCUT2D eigenvalue weighted by atomic mass is 9.35. The van der Waals surface area contributed by atoms with Gasteiger partial charge < -0.3 is 14.2 Å². The van der Waals surface area contributed by atoms with Gasteiger partial charge in [0.25, 0.3) is 0 Å². The number of ether oxygens (including phenoxy) is 3. The third kappa shape index (κ3) is 3.46. The predicted octanol–water partition coefficient (Wildman–Crippen LogP) is 5.61. The number of carbonyl (C=O) groups excluding carboxylic acids is 3. The Bertz CT molecular complexity index is 955. The van der Waals surface area contributed by atoms with Gasteiger partial charge in [-0.05, 0) is 67.8 Å². The van der Waals surface area contributed by atoms with Crippen LogP contribution < -0.4 is 0 Å². The zero-order chi connectivity index (χ0) is 26.6. The van der Waals surface area contributed by atoms with Crippen LogP contribution in [0.5, 0.6) is 0 Å². The molecule has 7 atom stereocenters. The molecule has 7 unspecified atom stereocenters. The zero-order valence-electron chi connectivity index (χ0n) is 23.5. The van der Waals surface area contributed by atoms with Gasteiger partial charge in [-0.3, -0.25) is 14.4 Å². The van der Waals surface area contributed by atoms with Gasteiger partial charge in [-0.25, -0.2) is 0 Å². The average Bonchev–Trinajstić information content (AvgIpc) is 3.06. The molecule has 0 heterocycles. The SMILES string of the molecule is CCCCC(=O)OC1(C(=O)COC)CCC2(C)C3CCC4=CC(=O)CCC4(C)C3(C)C(OC)CC12C. The standard InChI is InChI=1S/C30H46O6/c1-8-9-10-25(33)36-30(23(32)19-34-6)16-15-27(3)22-12-11-20-17-21(31)13-14-26(20,2)29(22,5)24(35-7)18-28(27,30)4/h17,22,24H,8-16,18-19H2,1-7H3. The number of rotatable bonds is 8. The minimum Gasteiger partial charge on any atom is -0.450 e. The van der Waals surface area contributed by atoms with Crippen molar-refractivity contribution in [2.75, 3.05) is 20.8 Å². The molecule has 0 radical (unpaired) electrons. The maximum absolute atomic E-state index is 13.9. The van der Waals surface area contributed by atoms with Crippen LogP contribution in [-0.4, -0.2) is 50.1 Å². The van der Waals surface area contributed by atoms with Crippen LogP contribution in [0.1, 0.15) is 98.8 Å². The molecule has 6 nitrogen and oxygen atoms in total. The van der Waals surface area contributed by atoms with Gasteiger partial charge in [0.2, 0.25) is 5.78 Å². The van der Waals surface area contributed by atoms with Gasteiger partial charge in [-0.15, -0.1) is 0 Å². The molecule has 0 saturated heterocycles. The quantitative estimate of drug-likeness (QED) is 0.401. The largest absolute Gasteiger partial charge is 0.450 e. The summed E-state index contributed by atoms with van der Waals surface area (Å²) in [7, 11) is 3.30. The molecule has 3 fully saturated rings. The lowest BCUT2D eigenvalue weighted by Gasteiger charge is -2.70. The molecule has 202 valence electrons. The Balaban J connectivity index is 1.84. The third-order valence-corrected chi connectivity index (χ3v) is 11.7.